The van der Waals surface area contributed by atoms with Crippen LogP contribution in [0, 0.1) is 0 Å². The normalized spacial score (nSPS) is 19.5. The Morgan fingerprint density at radius 3 is 2.74 bits per heavy atom. The lowest BCUT2D eigenvalue weighted by Gasteiger charge is -2.23. The van der Waals surface area contributed by atoms with Crippen LogP contribution < -0.4 is 9.47 Å². The van der Waals surface area contributed by atoms with Crippen molar-refractivity contribution in [3.8, 4) is 11.5 Å². The summed E-state index contributed by atoms with van der Waals surface area (Å²) in [6.45, 7) is 6.69. The molecule has 1 saturated heterocycles. The fraction of sp³-hybridized carbons (Fsp3) is 0.600. The molecule has 19 heavy (non-hydrogen) atoms. The molecule has 1 aliphatic heterocycles. The third-order valence-electron chi connectivity index (χ3n) is 3.16. The van der Waals surface area contributed by atoms with Gasteiger partial charge in [-0.05, 0) is 23.6 Å². The molecular weight excluding hydrogens is 244 g/mol. The summed E-state index contributed by atoms with van der Waals surface area (Å²) in [6, 6.07) is 6.05. The van der Waals surface area contributed by atoms with E-state index in [1.807, 2.05) is 12.1 Å². The van der Waals surface area contributed by atoms with Crippen LogP contribution in [0.4, 0.5) is 0 Å². The minimum Gasteiger partial charge on any atom is -0.493 e. The van der Waals surface area contributed by atoms with Gasteiger partial charge in [-0.15, -0.1) is 0 Å². The standard InChI is InChI=1S/C15H22O4/c1-11(2)12-4-5-14(15(8-12)16-3)19-10-13-9-17-6-7-18-13/h4-5,8,11,13H,6-7,9-10H2,1-3H3/t13-/m0/s1. The van der Waals surface area contributed by atoms with Gasteiger partial charge in [-0.1, -0.05) is 19.9 Å². The van der Waals surface area contributed by atoms with Crippen LogP contribution in [0.5, 0.6) is 11.5 Å². The fourth-order valence-electron chi connectivity index (χ4n) is 1.98. The van der Waals surface area contributed by atoms with E-state index in [4.69, 9.17) is 18.9 Å². The van der Waals surface area contributed by atoms with Crippen LogP contribution in [0.25, 0.3) is 0 Å². The van der Waals surface area contributed by atoms with E-state index in [9.17, 15) is 0 Å². The molecule has 1 fully saturated rings. The molecule has 0 aromatic heterocycles. The molecule has 0 radical (unpaired) electrons. The van der Waals surface area contributed by atoms with Crippen LogP contribution in [-0.4, -0.2) is 39.6 Å². The first-order valence-electron chi connectivity index (χ1n) is 6.70. The van der Waals surface area contributed by atoms with Crippen LogP contribution in [-0.2, 0) is 9.47 Å². The maximum atomic E-state index is 5.77. The number of benzene rings is 1. The summed E-state index contributed by atoms with van der Waals surface area (Å²) in [6.07, 6.45) is 0.00299. The highest BCUT2D eigenvalue weighted by Gasteiger charge is 2.16. The van der Waals surface area contributed by atoms with E-state index in [2.05, 4.69) is 19.9 Å². The van der Waals surface area contributed by atoms with Crippen LogP contribution in [0.2, 0.25) is 0 Å². The lowest BCUT2D eigenvalue weighted by atomic mass is 10.0. The van der Waals surface area contributed by atoms with Gasteiger partial charge in [0.25, 0.3) is 0 Å². The summed E-state index contributed by atoms with van der Waals surface area (Å²) in [5.74, 6) is 1.99. The summed E-state index contributed by atoms with van der Waals surface area (Å²) in [5, 5.41) is 0. The van der Waals surface area contributed by atoms with Gasteiger partial charge in [-0.25, -0.2) is 0 Å². The molecule has 1 atom stereocenters. The van der Waals surface area contributed by atoms with Crippen molar-refractivity contribution < 1.29 is 18.9 Å². The molecule has 0 unspecified atom stereocenters. The predicted molar refractivity (Wildman–Crippen MR) is 73.1 cm³/mol. The Labute approximate surface area is 114 Å². The van der Waals surface area contributed by atoms with Crippen molar-refractivity contribution in [2.24, 2.45) is 0 Å². The van der Waals surface area contributed by atoms with Gasteiger partial charge >= 0.3 is 0 Å². The molecule has 0 N–H and O–H groups in total. The Balaban J connectivity index is 1.98. The maximum Gasteiger partial charge on any atom is 0.161 e. The van der Waals surface area contributed by atoms with E-state index >= 15 is 0 Å². The van der Waals surface area contributed by atoms with E-state index in [1.165, 1.54) is 5.56 Å². The zero-order valence-electron chi connectivity index (χ0n) is 11.8. The predicted octanol–water partition coefficient (Wildman–Crippen LogP) is 2.61. The Hall–Kier alpha value is -1.26. The highest BCUT2D eigenvalue weighted by molar-refractivity contribution is 5.43. The number of hydrogen-bond donors (Lipinski definition) is 0. The molecule has 1 heterocycles. The average molecular weight is 266 g/mol. The Morgan fingerprint density at radius 1 is 1.26 bits per heavy atom. The molecule has 106 valence electrons. The van der Waals surface area contributed by atoms with Crippen LogP contribution in [0.15, 0.2) is 18.2 Å². The largest absolute Gasteiger partial charge is 0.493 e. The van der Waals surface area contributed by atoms with Gasteiger partial charge < -0.3 is 18.9 Å². The van der Waals surface area contributed by atoms with Crippen molar-refractivity contribution in [2.45, 2.75) is 25.9 Å². The molecule has 0 saturated carbocycles. The quantitative estimate of drug-likeness (QED) is 0.821. The monoisotopic (exact) mass is 266 g/mol. The molecule has 0 spiro atoms. The topological polar surface area (TPSA) is 36.9 Å². The first-order valence-corrected chi connectivity index (χ1v) is 6.70. The molecule has 0 bridgehead atoms. The van der Waals surface area contributed by atoms with Crippen LogP contribution in [0.3, 0.4) is 0 Å². The van der Waals surface area contributed by atoms with Gasteiger partial charge in [0.15, 0.2) is 11.5 Å². The second-order valence-electron chi connectivity index (χ2n) is 4.94. The van der Waals surface area contributed by atoms with E-state index in [0.29, 0.717) is 32.3 Å². The molecule has 1 aromatic carbocycles. The lowest BCUT2D eigenvalue weighted by molar-refractivity contribution is -0.101. The Morgan fingerprint density at radius 2 is 2.11 bits per heavy atom. The SMILES string of the molecule is COc1cc(C(C)C)ccc1OC[C@@H]1COCCO1. The van der Waals surface area contributed by atoms with Crippen LogP contribution >= 0.6 is 0 Å². The molecule has 2 rings (SSSR count). The van der Waals surface area contributed by atoms with E-state index in [0.717, 1.165) is 11.5 Å². The van der Waals surface area contributed by atoms with Crippen molar-refractivity contribution in [2.75, 3.05) is 33.5 Å². The fourth-order valence-corrected chi connectivity index (χ4v) is 1.98. The van der Waals surface area contributed by atoms with Crippen molar-refractivity contribution in [3.63, 3.8) is 0 Å². The molecule has 4 nitrogen and oxygen atoms in total. The number of ether oxygens (including phenoxy) is 4. The second kappa shape index (κ2) is 6.78. The number of rotatable bonds is 5. The smallest absolute Gasteiger partial charge is 0.161 e. The minimum atomic E-state index is 0.00299. The van der Waals surface area contributed by atoms with Crippen molar-refractivity contribution in [3.05, 3.63) is 23.8 Å². The van der Waals surface area contributed by atoms with Gasteiger partial charge in [0.2, 0.25) is 0 Å². The van der Waals surface area contributed by atoms with Gasteiger partial charge in [0.1, 0.15) is 12.7 Å². The summed E-state index contributed by atoms with van der Waals surface area (Å²) >= 11 is 0. The van der Waals surface area contributed by atoms with Crippen molar-refractivity contribution in [1.29, 1.82) is 0 Å². The first-order chi connectivity index (χ1) is 9.20. The maximum absolute atomic E-state index is 5.77. The average Bonchev–Trinajstić information content (AvgIpc) is 2.45. The van der Waals surface area contributed by atoms with Gasteiger partial charge in [0.05, 0.1) is 26.9 Å². The highest BCUT2D eigenvalue weighted by Crippen LogP contribution is 2.31. The van der Waals surface area contributed by atoms with Gasteiger partial charge in [-0.2, -0.15) is 0 Å². The lowest BCUT2D eigenvalue weighted by Crippen LogP contribution is -2.33. The van der Waals surface area contributed by atoms with Gasteiger partial charge in [-0.3, -0.25) is 0 Å². The molecule has 1 aliphatic rings. The Kier molecular flexibility index (Phi) is 5.05. The van der Waals surface area contributed by atoms with Crippen molar-refractivity contribution >= 4 is 0 Å². The van der Waals surface area contributed by atoms with E-state index in [1.54, 1.807) is 7.11 Å². The van der Waals surface area contributed by atoms with Gasteiger partial charge in [0, 0.05) is 0 Å². The molecule has 1 aromatic rings. The number of hydrogen-bond acceptors (Lipinski definition) is 4. The second-order valence-corrected chi connectivity index (χ2v) is 4.94. The third-order valence-corrected chi connectivity index (χ3v) is 3.16. The van der Waals surface area contributed by atoms with E-state index in [-0.39, 0.29) is 6.10 Å². The summed E-state index contributed by atoms with van der Waals surface area (Å²) in [5.41, 5.74) is 1.24. The number of methoxy groups -OCH3 is 1. The molecular formula is C15H22O4. The molecule has 4 heteroatoms. The summed E-state index contributed by atoms with van der Waals surface area (Å²) < 4.78 is 22.0. The zero-order valence-corrected chi connectivity index (χ0v) is 11.8. The third kappa shape index (κ3) is 3.85. The summed E-state index contributed by atoms with van der Waals surface area (Å²) in [4.78, 5) is 0. The molecule has 0 amide bonds. The highest BCUT2D eigenvalue weighted by atomic mass is 16.6. The minimum absolute atomic E-state index is 0.00299. The Bertz CT molecular complexity index is 397. The zero-order chi connectivity index (χ0) is 13.7. The summed E-state index contributed by atoms with van der Waals surface area (Å²) in [7, 11) is 1.66. The first kappa shape index (κ1) is 14.2. The van der Waals surface area contributed by atoms with Crippen LogP contribution in [0.1, 0.15) is 25.3 Å². The molecule has 0 aliphatic carbocycles. The van der Waals surface area contributed by atoms with Crippen molar-refractivity contribution in [1.82, 2.24) is 0 Å². The van der Waals surface area contributed by atoms with E-state index < -0.39 is 0 Å².